The molecule has 0 atom stereocenters. The van der Waals surface area contributed by atoms with E-state index in [4.69, 9.17) is 4.74 Å². The number of carbonyl (C=O) groups excluding carboxylic acids is 1. The smallest absolute Gasteiger partial charge is 0.243 e. The van der Waals surface area contributed by atoms with Gasteiger partial charge in [-0.3, -0.25) is 4.79 Å². The Bertz CT molecular complexity index is 648. The highest BCUT2D eigenvalue weighted by molar-refractivity contribution is 5.93. The van der Waals surface area contributed by atoms with Crippen LogP contribution in [0.25, 0.3) is 0 Å². The zero-order chi connectivity index (χ0) is 16.7. The van der Waals surface area contributed by atoms with E-state index in [-0.39, 0.29) is 12.5 Å². The highest BCUT2D eigenvalue weighted by Crippen LogP contribution is 2.17. The third kappa shape index (κ3) is 5.66. The average molecular weight is 312 g/mol. The molecule has 2 N–H and O–H groups in total. The molecule has 0 aliphatic carbocycles. The van der Waals surface area contributed by atoms with Crippen LogP contribution in [0.5, 0.6) is 5.75 Å². The maximum Gasteiger partial charge on any atom is 0.243 e. The van der Waals surface area contributed by atoms with Gasteiger partial charge in [0.1, 0.15) is 5.75 Å². The number of nitrogens with one attached hydrogen (secondary N) is 2. The van der Waals surface area contributed by atoms with E-state index in [1.165, 1.54) is 0 Å². The Morgan fingerprint density at radius 2 is 1.78 bits per heavy atom. The Hall–Kier alpha value is -2.49. The fraction of sp³-hybridized carbons (Fsp3) is 0.316. The van der Waals surface area contributed by atoms with E-state index in [1.54, 1.807) is 0 Å². The molecule has 0 saturated heterocycles. The molecule has 4 nitrogen and oxygen atoms in total. The van der Waals surface area contributed by atoms with Crippen molar-refractivity contribution in [2.75, 3.05) is 23.8 Å². The number of hydrogen-bond acceptors (Lipinski definition) is 3. The van der Waals surface area contributed by atoms with E-state index in [0.717, 1.165) is 34.7 Å². The fourth-order valence-electron chi connectivity index (χ4n) is 2.35. The van der Waals surface area contributed by atoms with Crippen LogP contribution in [0, 0.1) is 13.8 Å². The zero-order valence-electron chi connectivity index (χ0n) is 14.0. The van der Waals surface area contributed by atoms with Crippen LogP contribution < -0.4 is 15.4 Å². The predicted octanol–water partition coefficient (Wildman–Crippen LogP) is 4.14. The molecule has 0 saturated carbocycles. The van der Waals surface area contributed by atoms with Crippen LogP contribution in [0.3, 0.4) is 0 Å². The van der Waals surface area contributed by atoms with Gasteiger partial charge in [-0.15, -0.1) is 0 Å². The highest BCUT2D eigenvalue weighted by Gasteiger charge is 2.04. The highest BCUT2D eigenvalue weighted by atomic mass is 16.5. The molecule has 0 bridgehead atoms. The molecule has 2 aromatic carbocycles. The van der Waals surface area contributed by atoms with Crippen LogP contribution in [0.15, 0.2) is 42.5 Å². The molecule has 122 valence electrons. The summed E-state index contributed by atoms with van der Waals surface area (Å²) in [6.45, 7) is 7.01. The second-order valence-corrected chi connectivity index (χ2v) is 5.65. The van der Waals surface area contributed by atoms with Crippen molar-refractivity contribution in [3.8, 4) is 5.75 Å². The standard InChI is InChI=1S/C19H24N2O2/c1-4-8-23-18-7-5-6-16(12-18)20-13-19(22)21-17-10-14(2)9-15(3)11-17/h5-7,9-12,20H,4,8,13H2,1-3H3,(H,21,22). The number of anilines is 2. The third-order valence-corrected chi connectivity index (χ3v) is 3.27. The van der Waals surface area contributed by atoms with Gasteiger partial charge in [0.2, 0.25) is 5.91 Å². The van der Waals surface area contributed by atoms with E-state index >= 15 is 0 Å². The molecule has 2 aromatic rings. The normalized spacial score (nSPS) is 10.2. The molecule has 2 rings (SSSR count). The first kappa shape index (κ1) is 16.9. The van der Waals surface area contributed by atoms with Gasteiger partial charge in [-0.2, -0.15) is 0 Å². The minimum absolute atomic E-state index is 0.0742. The van der Waals surface area contributed by atoms with Gasteiger partial charge < -0.3 is 15.4 Å². The van der Waals surface area contributed by atoms with Crippen molar-refractivity contribution in [2.24, 2.45) is 0 Å². The molecule has 0 aliphatic heterocycles. The van der Waals surface area contributed by atoms with Gasteiger partial charge in [0.25, 0.3) is 0 Å². The van der Waals surface area contributed by atoms with Crippen molar-refractivity contribution < 1.29 is 9.53 Å². The Balaban J connectivity index is 1.88. The SMILES string of the molecule is CCCOc1cccc(NCC(=O)Nc2cc(C)cc(C)c2)c1. The summed E-state index contributed by atoms with van der Waals surface area (Å²) in [6.07, 6.45) is 0.968. The Morgan fingerprint density at radius 1 is 1.04 bits per heavy atom. The van der Waals surface area contributed by atoms with Crippen LogP contribution in [0.2, 0.25) is 0 Å². The van der Waals surface area contributed by atoms with Gasteiger partial charge in [-0.05, 0) is 55.7 Å². The van der Waals surface area contributed by atoms with Crippen molar-refractivity contribution in [1.29, 1.82) is 0 Å². The van der Waals surface area contributed by atoms with Gasteiger partial charge in [-0.25, -0.2) is 0 Å². The topological polar surface area (TPSA) is 50.4 Å². The van der Waals surface area contributed by atoms with Crippen LogP contribution in [0.1, 0.15) is 24.5 Å². The number of benzene rings is 2. The number of hydrogen-bond donors (Lipinski definition) is 2. The molecule has 0 unspecified atom stereocenters. The number of carbonyl (C=O) groups is 1. The van der Waals surface area contributed by atoms with E-state index in [0.29, 0.717) is 6.61 Å². The van der Waals surface area contributed by atoms with Crippen molar-refractivity contribution >= 4 is 17.3 Å². The molecular weight excluding hydrogens is 288 g/mol. The summed E-state index contributed by atoms with van der Waals surface area (Å²) < 4.78 is 5.58. The molecule has 0 aliphatic rings. The summed E-state index contributed by atoms with van der Waals surface area (Å²) in [4.78, 5) is 12.1. The first-order chi connectivity index (χ1) is 11.1. The van der Waals surface area contributed by atoms with Crippen molar-refractivity contribution in [3.05, 3.63) is 53.6 Å². The molecule has 23 heavy (non-hydrogen) atoms. The zero-order valence-corrected chi connectivity index (χ0v) is 14.0. The molecule has 0 fully saturated rings. The monoisotopic (exact) mass is 312 g/mol. The lowest BCUT2D eigenvalue weighted by molar-refractivity contribution is -0.114. The minimum Gasteiger partial charge on any atom is -0.494 e. The molecule has 1 amide bonds. The van der Waals surface area contributed by atoms with Crippen LogP contribution in [0.4, 0.5) is 11.4 Å². The average Bonchev–Trinajstić information content (AvgIpc) is 2.50. The maximum absolute atomic E-state index is 12.1. The number of rotatable bonds is 7. The summed E-state index contributed by atoms with van der Waals surface area (Å²) in [5.74, 6) is 0.737. The van der Waals surface area contributed by atoms with E-state index in [1.807, 2.05) is 50.2 Å². The molecular formula is C19H24N2O2. The Labute approximate surface area is 137 Å². The molecule has 0 radical (unpaired) electrons. The second kappa shape index (κ2) is 8.22. The minimum atomic E-state index is -0.0742. The summed E-state index contributed by atoms with van der Waals surface area (Å²) in [6, 6.07) is 13.7. The van der Waals surface area contributed by atoms with E-state index in [2.05, 4.69) is 23.6 Å². The number of amides is 1. The quantitative estimate of drug-likeness (QED) is 0.808. The van der Waals surface area contributed by atoms with Gasteiger partial charge in [-0.1, -0.05) is 19.1 Å². The number of aryl methyl sites for hydroxylation is 2. The molecule has 0 aromatic heterocycles. The van der Waals surface area contributed by atoms with Crippen LogP contribution in [-0.2, 0) is 4.79 Å². The maximum atomic E-state index is 12.1. The van der Waals surface area contributed by atoms with Crippen molar-refractivity contribution in [2.45, 2.75) is 27.2 Å². The predicted molar refractivity (Wildman–Crippen MR) is 95.3 cm³/mol. The van der Waals surface area contributed by atoms with E-state index < -0.39 is 0 Å². The van der Waals surface area contributed by atoms with Gasteiger partial charge in [0, 0.05) is 17.4 Å². The van der Waals surface area contributed by atoms with Crippen LogP contribution >= 0.6 is 0 Å². The van der Waals surface area contributed by atoms with Crippen molar-refractivity contribution in [3.63, 3.8) is 0 Å². The molecule has 0 spiro atoms. The first-order valence-corrected chi connectivity index (χ1v) is 7.91. The largest absolute Gasteiger partial charge is 0.494 e. The second-order valence-electron chi connectivity index (χ2n) is 5.65. The summed E-state index contributed by atoms with van der Waals surface area (Å²) in [5.41, 5.74) is 3.96. The van der Waals surface area contributed by atoms with Crippen molar-refractivity contribution in [1.82, 2.24) is 0 Å². The van der Waals surface area contributed by atoms with Crippen LogP contribution in [-0.4, -0.2) is 19.1 Å². The first-order valence-electron chi connectivity index (χ1n) is 7.91. The number of ether oxygens (including phenoxy) is 1. The lowest BCUT2D eigenvalue weighted by atomic mass is 10.1. The summed E-state index contributed by atoms with van der Waals surface area (Å²) in [7, 11) is 0. The third-order valence-electron chi connectivity index (χ3n) is 3.27. The van der Waals surface area contributed by atoms with Gasteiger partial charge in [0.05, 0.1) is 13.2 Å². The lowest BCUT2D eigenvalue weighted by Crippen LogP contribution is -2.21. The van der Waals surface area contributed by atoms with Gasteiger partial charge in [0.15, 0.2) is 0 Å². The molecule has 4 heteroatoms. The summed E-state index contributed by atoms with van der Waals surface area (Å²) >= 11 is 0. The summed E-state index contributed by atoms with van der Waals surface area (Å²) in [5, 5.41) is 6.03. The fourth-order valence-corrected chi connectivity index (χ4v) is 2.35. The Morgan fingerprint density at radius 3 is 2.48 bits per heavy atom. The van der Waals surface area contributed by atoms with E-state index in [9.17, 15) is 4.79 Å². The molecule has 0 heterocycles. The lowest BCUT2D eigenvalue weighted by Gasteiger charge is -2.11. The van der Waals surface area contributed by atoms with Gasteiger partial charge >= 0.3 is 0 Å². The Kier molecular flexibility index (Phi) is 6.03.